The van der Waals surface area contributed by atoms with Gasteiger partial charge in [-0.05, 0) is 71.5 Å². The number of hydrogen-bond donors (Lipinski definition) is 2. The first kappa shape index (κ1) is 26.5. The summed E-state index contributed by atoms with van der Waals surface area (Å²) < 4.78 is 11.8. The molecule has 1 aliphatic carbocycles. The Hall–Kier alpha value is -4.12. The van der Waals surface area contributed by atoms with E-state index in [0.717, 1.165) is 33.8 Å². The number of benzene rings is 4. The number of ether oxygens (including phenoxy) is 2. The van der Waals surface area contributed by atoms with Gasteiger partial charge in [-0.25, -0.2) is 0 Å². The van der Waals surface area contributed by atoms with Crippen molar-refractivity contribution in [1.82, 2.24) is 0 Å². The van der Waals surface area contributed by atoms with Gasteiger partial charge in [-0.15, -0.1) is 0 Å². The molecule has 4 aromatic rings. The molecule has 0 spiro atoms. The first-order valence-corrected chi connectivity index (χ1v) is 13.4. The van der Waals surface area contributed by atoms with Crippen LogP contribution in [-0.2, 0) is 5.41 Å². The van der Waals surface area contributed by atoms with Gasteiger partial charge >= 0.3 is 0 Å². The second-order valence-electron chi connectivity index (χ2n) is 9.49. The molecule has 0 amide bonds. The molecular formula is C35H34O4. The van der Waals surface area contributed by atoms with E-state index in [2.05, 4.69) is 72.8 Å². The highest BCUT2D eigenvalue weighted by atomic mass is 16.5. The molecule has 1 aliphatic rings. The molecule has 5 rings (SSSR count). The van der Waals surface area contributed by atoms with Crippen LogP contribution in [0.15, 0.2) is 97.1 Å². The van der Waals surface area contributed by atoms with Crippen LogP contribution in [0.1, 0.15) is 47.2 Å². The predicted molar refractivity (Wildman–Crippen MR) is 158 cm³/mol. The SMILES string of the molecule is C/C=C\c1cc(C2(c3ccc(OCCO)c(/C=C\C)c3)c3ccccc3-c3ccccc32)ccc1OCCO. The maximum Gasteiger partial charge on any atom is 0.126 e. The van der Waals surface area contributed by atoms with Crippen molar-refractivity contribution in [1.29, 1.82) is 0 Å². The number of aliphatic hydroxyl groups excluding tert-OH is 2. The minimum Gasteiger partial charge on any atom is -0.491 e. The van der Waals surface area contributed by atoms with Crippen LogP contribution >= 0.6 is 0 Å². The van der Waals surface area contributed by atoms with Gasteiger partial charge in [-0.3, -0.25) is 0 Å². The highest BCUT2D eigenvalue weighted by Gasteiger charge is 2.46. The van der Waals surface area contributed by atoms with E-state index in [1.54, 1.807) is 0 Å². The molecule has 0 aliphatic heterocycles. The van der Waals surface area contributed by atoms with Crippen LogP contribution in [-0.4, -0.2) is 36.6 Å². The lowest BCUT2D eigenvalue weighted by molar-refractivity contribution is 0.201. The molecule has 0 bridgehead atoms. The van der Waals surface area contributed by atoms with Crippen molar-refractivity contribution in [2.45, 2.75) is 19.3 Å². The molecule has 0 unspecified atom stereocenters. The molecule has 2 N–H and O–H groups in total. The summed E-state index contributed by atoms with van der Waals surface area (Å²) in [5.41, 5.74) is 8.46. The third-order valence-corrected chi connectivity index (χ3v) is 7.23. The summed E-state index contributed by atoms with van der Waals surface area (Å²) in [5, 5.41) is 18.7. The molecule has 0 saturated carbocycles. The third-order valence-electron chi connectivity index (χ3n) is 7.23. The van der Waals surface area contributed by atoms with Crippen molar-refractivity contribution < 1.29 is 19.7 Å². The number of rotatable bonds is 10. The van der Waals surface area contributed by atoms with Crippen molar-refractivity contribution in [3.63, 3.8) is 0 Å². The van der Waals surface area contributed by atoms with Gasteiger partial charge in [0.15, 0.2) is 0 Å². The molecule has 4 heteroatoms. The van der Waals surface area contributed by atoms with E-state index in [-0.39, 0.29) is 26.4 Å². The number of allylic oxidation sites excluding steroid dienone is 2. The van der Waals surface area contributed by atoms with Crippen LogP contribution in [0.5, 0.6) is 11.5 Å². The highest BCUT2D eigenvalue weighted by Crippen LogP contribution is 2.56. The Morgan fingerprint density at radius 1 is 0.615 bits per heavy atom. The zero-order valence-electron chi connectivity index (χ0n) is 22.4. The van der Waals surface area contributed by atoms with Gasteiger partial charge in [0.2, 0.25) is 0 Å². The van der Waals surface area contributed by atoms with Crippen molar-refractivity contribution in [3.8, 4) is 22.6 Å². The Morgan fingerprint density at radius 3 is 1.46 bits per heavy atom. The van der Waals surface area contributed by atoms with E-state index in [1.807, 2.05) is 50.3 Å². The number of hydrogen-bond acceptors (Lipinski definition) is 4. The lowest BCUT2D eigenvalue weighted by Crippen LogP contribution is -2.29. The Bertz CT molecular complexity index is 1400. The van der Waals surface area contributed by atoms with Crippen molar-refractivity contribution in [2.24, 2.45) is 0 Å². The minimum atomic E-state index is -0.579. The second kappa shape index (κ2) is 11.7. The van der Waals surface area contributed by atoms with Crippen LogP contribution in [0.25, 0.3) is 23.3 Å². The van der Waals surface area contributed by atoms with Crippen molar-refractivity contribution in [3.05, 3.63) is 130 Å². The van der Waals surface area contributed by atoms with Crippen LogP contribution in [0.2, 0.25) is 0 Å². The van der Waals surface area contributed by atoms with Gasteiger partial charge in [0, 0.05) is 11.1 Å². The Morgan fingerprint density at radius 2 is 1.05 bits per heavy atom. The molecule has 4 nitrogen and oxygen atoms in total. The maximum atomic E-state index is 9.36. The molecule has 0 aromatic heterocycles. The molecule has 0 radical (unpaired) electrons. The van der Waals surface area contributed by atoms with E-state index >= 15 is 0 Å². The van der Waals surface area contributed by atoms with Gasteiger partial charge in [0.25, 0.3) is 0 Å². The zero-order valence-corrected chi connectivity index (χ0v) is 22.4. The maximum absolute atomic E-state index is 9.36. The molecule has 4 aromatic carbocycles. The molecular weight excluding hydrogens is 484 g/mol. The van der Waals surface area contributed by atoms with E-state index in [9.17, 15) is 10.2 Å². The van der Waals surface area contributed by atoms with Gasteiger partial charge in [-0.1, -0.05) is 85.0 Å². The fourth-order valence-electron chi connectivity index (χ4n) is 5.78. The average Bonchev–Trinajstić information content (AvgIpc) is 3.27. The van der Waals surface area contributed by atoms with Crippen LogP contribution in [0.4, 0.5) is 0 Å². The molecule has 0 saturated heterocycles. The molecule has 0 heterocycles. The Kier molecular flexibility index (Phi) is 7.97. The third kappa shape index (κ3) is 4.67. The fourth-order valence-corrected chi connectivity index (χ4v) is 5.78. The van der Waals surface area contributed by atoms with Crippen LogP contribution < -0.4 is 9.47 Å². The molecule has 0 fully saturated rings. The molecule has 198 valence electrons. The highest BCUT2D eigenvalue weighted by molar-refractivity contribution is 5.87. The Balaban J connectivity index is 1.84. The largest absolute Gasteiger partial charge is 0.491 e. The fraction of sp³-hybridized carbons (Fsp3) is 0.200. The van der Waals surface area contributed by atoms with Gasteiger partial charge in [0.1, 0.15) is 24.7 Å². The van der Waals surface area contributed by atoms with E-state index in [4.69, 9.17) is 9.47 Å². The standard InChI is InChI=1S/C35H34O4/c1-3-9-25-23-27(15-17-33(25)38-21-19-36)35(28-16-18-34(39-22-20-37)26(24-28)10-4-2)31-13-7-5-11-29(31)30-12-6-8-14-32(30)35/h3-18,23-24,36-37H,19-22H2,1-2H3/b9-3-,10-4-. The summed E-state index contributed by atoms with van der Waals surface area (Å²) in [6.45, 7) is 4.38. The summed E-state index contributed by atoms with van der Waals surface area (Å²) in [5.74, 6) is 1.48. The van der Waals surface area contributed by atoms with Crippen molar-refractivity contribution >= 4 is 12.2 Å². The van der Waals surface area contributed by atoms with Gasteiger partial charge in [-0.2, -0.15) is 0 Å². The number of aliphatic hydroxyl groups is 2. The smallest absolute Gasteiger partial charge is 0.126 e. The summed E-state index contributed by atoms with van der Waals surface area (Å²) in [6, 6.07) is 30.0. The summed E-state index contributed by atoms with van der Waals surface area (Å²) in [7, 11) is 0. The average molecular weight is 519 g/mol. The lowest BCUT2D eigenvalue weighted by Gasteiger charge is -2.34. The van der Waals surface area contributed by atoms with Gasteiger partial charge in [0.05, 0.1) is 18.6 Å². The summed E-state index contributed by atoms with van der Waals surface area (Å²) in [4.78, 5) is 0. The molecule has 39 heavy (non-hydrogen) atoms. The predicted octanol–water partition coefficient (Wildman–Crippen LogP) is 6.86. The second-order valence-corrected chi connectivity index (χ2v) is 9.49. The zero-order chi connectivity index (χ0) is 27.2. The van der Waals surface area contributed by atoms with E-state index < -0.39 is 5.41 Å². The minimum absolute atomic E-state index is 0.0415. The van der Waals surface area contributed by atoms with Gasteiger partial charge < -0.3 is 19.7 Å². The quantitative estimate of drug-likeness (QED) is 0.212. The summed E-state index contributed by atoms with van der Waals surface area (Å²) in [6.07, 6.45) is 8.11. The van der Waals surface area contributed by atoms with Crippen LogP contribution in [0.3, 0.4) is 0 Å². The van der Waals surface area contributed by atoms with Crippen molar-refractivity contribution in [2.75, 3.05) is 26.4 Å². The number of fused-ring (bicyclic) bond motifs is 3. The topological polar surface area (TPSA) is 58.9 Å². The summed E-state index contributed by atoms with van der Waals surface area (Å²) >= 11 is 0. The monoisotopic (exact) mass is 518 g/mol. The Labute approximate surface area is 230 Å². The normalized spacial score (nSPS) is 13.5. The lowest BCUT2D eigenvalue weighted by atomic mass is 9.67. The van der Waals surface area contributed by atoms with E-state index in [1.165, 1.54) is 22.3 Å². The van der Waals surface area contributed by atoms with Crippen LogP contribution in [0, 0.1) is 0 Å². The first-order chi connectivity index (χ1) is 19.2. The molecule has 0 atom stereocenters. The van der Waals surface area contributed by atoms with E-state index in [0.29, 0.717) is 0 Å². The first-order valence-electron chi connectivity index (χ1n) is 13.4.